The smallest absolute Gasteiger partial charge is 0.0574 e. The Hall–Kier alpha value is -0.550. The van der Waals surface area contributed by atoms with Crippen molar-refractivity contribution in [1.29, 1.82) is 0 Å². The summed E-state index contributed by atoms with van der Waals surface area (Å²) in [6.45, 7) is 2.27. The van der Waals surface area contributed by atoms with Gasteiger partial charge < -0.3 is 0 Å². The van der Waals surface area contributed by atoms with Crippen LogP contribution in [0.15, 0.2) is 39.9 Å². The number of aryl methyl sites for hydroxylation is 1. The molecule has 22 heavy (non-hydrogen) atoms. The monoisotopic (exact) mass is 364 g/mol. The Morgan fingerprint density at radius 1 is 1.00 bits per heavy atom. The Labute approximate surface area is 150 Å². The first-order valence-electron chi connectivity index (χ1n) is 7.73. The van der Waals surface area contributed by atoms with Crippen molar-refractivity contribution < 1.29 is 0 Å². The molecule has 116 valence electrons. The molecule has 0 bridgehead atoms. The van der Waals surface area contributed by atoms with Gasteiger partial charge in [0.05, 0.1) is 9.09 Å². The Kier molecular flexibility index (Phi) is 5.80. The minimum atomic E-state index is 1.09. The number of thiol groups is 1. The SMILES string of the molecule is CCCCCCc1cc(-c2cccs2)c(-c2ccc(S)s2)s1. The van der Waals surface area contributed by atoms with E-state index in [-0.39, 0.29) is 0 Å². The highest BCUT2D eigenvalue weighted by atomic mass is 32.2. The van der Waals surface area contributed by atoms with Crippen LogP contribution >= 0.6 is 46.6 Å². The molecule has 3 rings (SSSR count). The average molecular weight is 365 g/mol. The van der Waals surface area contributed by atoms with Gasteiger partial charge in [0, 0.05) is 20.2 Å². The molecule has 0 aliphatic rings. The maximum Gasteiger partial charge on any atom is 0.0574 e. The van der Waals surface area contributed by atoms with E-state index >= 15 is 0 Å². The summed E-state index contributed by atoms with van der Waals surface area (Å²) in [5.41, 5.74) is 1.40. The normalized spacial score (nSPS) is 11.2. The predicted octanol–water partition coefficient (Wildman–Crippen LogP) is 7.62. The van der Waals surface area contributed by atoms with Crippen molar-refractivity contribution in [3.63, 3.8) is 0 Å². The number of thiophene rings is 3. The Bertz CT molecular complexity index is 703. The molecule has 3 heterocycles. The number of hydrogen-bond donors (Lipinski definition) is 1. The van der Waals surface area contributed by atoms with Gasteiger partial charge in [-0.15, -0.1) is 46.6 Å². The fraction of sp³-hybridized carbons (Fsp3) is 0.333. The van der Waals surface area contributed by atoms with Crippen LogP contribution in [0, 0.1) is 0 Å². The lowest BCUT2D eigenvalue weighted by molar-refractivity contribution is 0.670. The second kappa shape index (κ2) is 7.82. The number of unbranched alkanes of at least 4 members (excludes halogenated alkanes) is 3. The van der Waals surface area contributed by atoms with Gasteiger partial charge in [0.15, 0.2) is 0 Å². The Morgan fingerprint density at radius 3 is 2.59 bits per heavy atom. The van der Waals surface area contributed by atoms with Crippen molar-refractivity contribution in [2.24, 2.45) is 0 Å². The van der Waals surface area contributed by atoms with E-state index in [0.717, 1.165) is 4.21 Å². The summed E-state index contributed by atoms with van der Waals surface area (Å²) < 4.78 is 1.09. The first kappa shape index (κ1) is 16.3. The lowest BCUT2D eigenvalue weighted by Gasteiger charge is -1.97. The van der Waals surface area contributed by atoms with Gasteiger partial charge in [-0.1, -0.05) is 32.3 Å². The zero-order chi connectivity index (χ0) is 15.4. The van der Waals surface area contributed by atoms with Crippen LogP contribution in [0.4, 0.5) is 0 Å². The molecule has 0 spiro atoms. The fourth-order valence-electron chi connectivity index (χ4n) is 2.54. The largest absolute Gasteiger partial charge is 0.144 e. The number of hydrogen-bond acceptors (Lipinski definition) is 4. The summed E-state index contributed by atoms with van der Waals surface area (Å²) in [5.74, 6) is 0. The van der Waals surface area contributed by atoms with E-state index in [9.17, 15) is 0 Å². The van der Waals surface area contributed by atoms with Gasteiger partial charge in [-0.25, -0.2) is 0 Å². The van der Waals surface area contributed by atoms with Crippen LogP contribution in [0.1, 0.15) is 37.5 Å². The summed E-state index contributed by atoms with van der Waals surface area (Å²) in [6.07, 6.45) is 6.51. The highest BCUT2D eigenvalue weighted by Crippen LogP contribution is 2.44. The van der Waals surface area contributed by atoms with Crippen LogP contribution in [0.25, 0.3) is 20.2 Å². The van der Waals surface area contributed by atoms with E-state index < -0.39 is 0 Å². The third kappa shape index (κ3) is 3.85. The quantitative estimate of drug-likeness (QED) is 0.323. The van der Waals surface area contributed by atoms with Crippen LogP contribution in [-0.4, -0.2) is 0 Å². The first-order chi connectivity index (χ1) is 10.8. The lowest BCUT2D eigenvalue weighted by atomic mass is 10.1. The summed E-state index contributed by atoms with van der Waals surface area (Å²) >= 11 is 10.0. The van der Waals surface area contributed by atoms with Crippen molar-refractivity contribution in [2.75, 3.05) is 0 Å². The zero-order valence-electron chi connectivity index (χ0n) is 12.7. The summed E-state index contributed by atoms with van der Waals surface area (Å²) in [6, 6.07) is 11.1. The lowest BCUT2D eigenvalue weighted by Crippen LogP contribution is -1.80. The third-order valence-electron chi connectivity index (χ3n) is 3.66. The van der Waals surface area contributed by atoms with Gasteiger partial charge in [-0.3, -0.25) is 0 Å². The van der Waals surface area contributed by atoms with Crippen molar-refractivity contribution in [1.82, 2.24) is 0 Å². The number of rotatable bonds is 7. The molecular formula is C18H20S4. The van der Waals surface area contributed by atoms with Crippen LogP contribution in [0.2, 0.25) is 0 Å². The van der Waals surface area contributed by atoms with Gasteiger partial charge in [0.25, 0.3) is 0 Å². The third-order valence-corrected chi connectivity index (χ3v) is 7.25. The van der Waals surface area contributed by atoms with E-state index in [4.69, 9.17) is 0 Å². The summed E-state index contributed by atoms with van der Waals surface area (Å²) in [7, 11) is 0. The summed E-state index contributed by atoms with van der Waals surface area (Å²) in [4.78, 5) is 5.65. The van der Waals surface area contributed by atoms with E-state index in [1.54, 1.807) is 11.3 Å². The fourth-order valence-corrected chi connectivity index (χ4v) is 5.80. The standard InChI is InChI=1S/C18H20S4/c1-2-3-4-5-7-13-12-14(15-8-6-11-20-15)18(21-13)16-9-10-17(19)22-16/h6,8-12,19H,2-5,7H2,1H3. The highest BCUT2D eigenvalue weighted by Gasteiger charge is 2.15. The Morgan fingerprint density at radius 2 is 1.91 bits per heavy atom. The first-order valence-corrected chi connectivity index (χ1v) is 10.7. The molecule has 0 atom stereocenters. The van der Waals surface area contributed by atoms with Crippen LogP contribution in [0.3, 0.4) is 0 Å². The van der Waals surface area contributed by atoms with Crippen molar-refractivity contribution in [3.05, 3.63) is 40.6 Å². The van der Waals surface area contributed by atoms with Gasteiger partial charge in [0.2, 0.25) is 0 Å². The van der Waals surface area contributed by atoms with E-state index in [2.05, 4.69) is 55.3 Å². The maximum atomic E-state index is 4.48. The molecule has 0 saturated heterocycles. The van der Waals surface area contributed by atoms with Crippen LogP contribution in [0.5, 0.6) is 0 Å². The highest BCUT2D eigenvalue weighted by molar-refractivity contribution is 7.83. The van der Waals surface area contributed by atoms with E-state index in [1.165, 1.54) is 57.2 Å². The topological polar surface area (TPSA) is 0 Å². The van der Waals surface area contributed by atoms with E-state index in [0.29, 0.717) is 0 Å². The minimum Gasteiger partial charge on any atom is -0.144 e. The van der Waals surface area contributed by atoms with E-state index in [1.807, 2.05) is 22.7 Å². The van der Waals surface area contributed by atoms with Gasteiger partial charge in [-0.05, 0) is 42.5 Å². The Balaban J connectivity index is 1.88. The second-order valence-corrected chi connectivity index (χ2v) is 9.33. The summed E-state index contributed by atoms with van der Waals surface area (Å²) in [5, 5.41) is 2.16. The van der Waals surface area contributed by atoms with Crippen molar-refractivity contribution in [3.8, 4) is 20.2 Å². The molecule has 3 aromatic rings. The molecule has 0 saturated carbocycles. The minimum absolute atomic E-state index is 1.09. The molecule has 4 heteroatoms. The van der Waals surface area contributed by atoms with Crippen molar-refractivity contribution >= 4 is 46.6 Å². The van der Waals surface area contributed by atoms with Crippen molar-refractivity contribution in [2.45, 2.75) is 43.2 Å². The molecule has 0 aliphatic heterocycles. The molecule has 0 nitrogen and oxygen atoms in total. The molecule has 0 amide bonds. The maximum absolute atomic E-state index is 4.48. The average Bonchev–Trinajstić information content (AvgIpc) is 3.23. The van der Waals surface area contributed by atoms with Gasteiger partial charge >= 0.3 is 0 Å². The molecule has 0 aliphatic carbocycles. The van der Waals surface area contributed by atoms with Crippen LogP contribution in [-0.2, 0) is 6.42 Å². The second-order valence-electron chi connectivity index (χ2n) is 5.38. The van der Waals surface area contributed by atoms with Gasteiger partial charge in [0.1, 0.15) is 0 Å². The molecular weight excluding hydrogens is 344 g/mol. The van der Waals surface area contributed by atoms with Gasteiger partial charge in [-0.2, -0.15) is 0 Å². The molecule has 0 unspecified atom stereocenters. The zero-order valence-corrected chi connectivity index (χ0v) is 16.0. The molecule has 0 N–H and O–H groups in total. The predicted molar refractivity (Wildman–Crippen MR) is 106 cm³/mol. The molecule has 0 aromatic carbocycles. The molecule has 3 aromatic heterocycles. The molecule has 0 fully saturated rings. The van der Waals surface area contributed by atoms with Crippen LogP contribution < -0.4 is 0 Å². The molecule has 0 radical (unpaired) electrons.